The van der Waals surface area contributed by atoms with Crippen molar-refractivity contribution in [2.24, 2.45) is 0 Å². The van der Waals surface area contributed by atoms with Gasteiger partial charge in [0.25, 0.3) is 0 Å². The van der Waals surface area contributed by atoms with E-state index < -0.39 is 0 Å². The average molecular weight is 408 g/mol. The van der Waals surface area contributed by atoms with Gasteiger partial charge in [-0.05, 0) is 81.1 Å². The second kappa shape index (κ2) is 6.51. The molecule has 0 N–H and O–H groups in total. The van der Waals surface area contributed by atoms with Gasteiger partial charge in [-0.25, -0.2) is 0 Å². The van der Waals surface area contributed by atoms with E-state index >= 15 is 0 Å². The molecule has 32 heavy (non-hydrogen) atoms. The Kier molecular flexibility index (Phi) is 3.60. The van der Waals surface area contributed by atoms with E-state index in [1.54, 1.807) is 0 Å². The summed E-state index contributed by atoms with van der Waals surface area (Å²) in [6.45, 7) is 2.11. The zero-order valence-electron chi connectivity index (χ0n) is 17.9. The molecule has 1 heteroatoms. The van der Waals surface area contributed by atoms with Gasteiger partial charge in [-0.1, -0.05) is 78.9 Å². The number of fused-ring (bicyclic) bond motifs is 3. The Morgan fingerprint density at radius 1 is 0.531 bits per heavy atom. The molecule has 150 valence electrons. The number of aromatic nitrogens is 1. The number of nitrogens with zero attached hydrogens (tertiary/aromatic N) is 1. The summed E-state index contributed by atoms with van der Waals surface area (Å²) < 4.78 is 0. The molecule has 1 aromatic heterocycles. The summed E-state index contributed by atoms with van der Waals surface area (Å²) >= 11 is 0. The van der Waals surface area contributed by atoms with Crippen molar-refractivity contribution >= 4 is 32.4 Å². The molecule has 0 spiro atoms. The quantitative estimate of drug-likeness (QED) is 0.264. The Labute approximate surface area is 187 Å². The van der Waals surface area contributed by atoms with Crippen molar-refractivity contribution in [1.29, 1.82) is 0 Å². The molecule has 0 aliphatic heterocycles. The fraction of sp³-hybridized carbons (Fsp3) is 0.0645. The Balaban J connectivity index is 1.65. The minimum atomic E-state index is 0.980. The summed E-state index contributed by atoms with van der Waals surface area (Å²) in [6.07, 6.45) is 0.980. The molecule has 0 saturated heterocycles. The van der Waals surface area contributed by atoms with Gasteiger partial charge >= 0.3 is 0 Å². The van der Waals surface area contributed by atoms with Crippen LogP contribution in [0.1, 0.15) is 16.8 Å². The van der Waals surface area contributed by atoms with E-state index in [1.165, 1.54) is 60.3 Å². The van der Waals surface area contributed by atoms with Crippen molar-refractivity contribution in [3.05, 3.63) is 114 Å². The van der Waals surface area contributed by atoms with Crippen LogP contribution in [-0.2, 0) is 6.42 Å². The Hall–Kier alpha value is -3.97. The van der Waals surface area contributed by atoms with Crippen LogP contribution in [0.5, 0.6) is 0 Å². The zero-order chi connectivity index (χ0) is 21.2. The predicted octanol–water partition coefficient (Wildman–Crippen LogP) is 8.09. The van der Waals surface area contributed by atoms with Crippen LogP contribution in [0.25, 0.3) is 54.7 Å². The van der Waals surface area contributed by atoms with Crippen molar-refractivity contribution in [3.63, 3.8) is 0 Å². The van der Waals surface area contributed by atoms with Crippen molar-refractivity contribution in [3.8, 4) is 22.3 Å². The number of hydrogen-bond acceptors (Lipinski definition) is 1. The van der Waals surface area contributed by atoms with Gasteiger partial charge in [-0.15, -0.1) is 0 Å². The molecule has 0 saturated carbocycles. The first-order valence-electron chi connectivity index (χ1n) is 11.2. The summed E-state index contributed by atoms with van der Waals surface area (Å²) in [6, 6.07) is 35.3. The molecule has 0 unspecified atom stereocenters. The predicted molar refractivity (Wildman–Crippen MR) is 135 cm³/mol. The maximum atomic E-state index is 5.03. The highest BCUT2D eigenvalue weighted by Gasteiger charge is 2.23. The number of benzene rings is 5. The van der Waals surface area contributed by atoms with E-state index in [0.29, 0.717) is 0 Å². The van der Waals surface area contributed by atoms with Gasteiger partial charge in [0.05, 0.1) is 5.52 Å². The highest BCUT2D eigenvalue weighted by atomic mass is 14.7. The van der Waals surface area contributed by atoms with E-state index in [0.717, 1.165) is 17.6 Å². The van der Waals surface area contributed by atoms with Gasteiger partial charge in [0.2, 0.25) is 0 Å². The number of pyridine rings is 1. The van der Waals surface area contributed by atoms with Crippen molar-refractivity contribution in [2.75, 3.05) is 0 Å². The lowest BCUT2D eigenvalue weighted by molar-refractivity contribution is 1.20. The summed E-state index contributed by atoms with van der Waals surface area (Å²) in [5.41, 5.74) is 10.1. The van der Waals surface area contributed by atoms with Crippen LogP contribution in [0.15, 0.2) is 97.1 Å². The van der Waals surface area contributed by atoms with Gasteiger partial charge in [-0.3, -0.25) is 4.98 Å². The molecule has 1 aliphatic carbocycles. The standard InChI is InChI=1S/C31H21N/c1-19-14-24-16-25-15-23(21-10-6-3-7-11-21)18-28-27-17-22(20-8-4-2-5-9-20)12-13-26(27)31(32-19)30(24)29(25)28/h2-15,17-18H,16H2,1H3. The summed E-state index contributed by atoms with van der Waals surface area (Å²) in [4.78, 5) is 5.03. The van der Waals surface area contributed by atoms with Crippen molar-refractivity contribution in [2.45, 2.75) is 13.3 Å². The molecule has 1 nitrogen and oxygen atoms in total. The average Bonchev–Trinajstić information content (AvgIpc) is 3.21. The first-order chi connectivity index (χ1) is 15.8. The first kappa shape index (κ1) is 17.7. The molecular weight excluding hydrogens is 386 g/mol. The molecule has 1 heterocycles. The molecule has 5 aromatic carbocycles. The lowest BCUT2D eigenvalue weighted by Gasteiger charge is -2.13. The summed E-state index contributed by atoms with van der Waals surface area (Å²) in [5.74, 6) is 0. The fourth-order valence-electron chi connectivity index (χ4n) is 5.49. The smallest absolute Gasteiger partial charge is 0.0792 e. The monoisotopic (exact) mass is 407 g/mol. The molecule has 0 bridgehead atoms. The maximum Gasteiger partial charge on any atom is 0.0792 e. The van der Waals surface area contributed by atoms with E-state index in [9.17, 15) is 0 Å². The van der Waals surface area contributed by atoms with Crippen LogP contribution in [0.4, 0.5) is 0 Å². The lowest BCUT2D eigenvalue weighted by Crippen LogP contribution is -1.90. The third-order valence-corrected chi connectivity index (χ3v) is 6.86. The maximum absolute atomic E-state index is 5.03. The molecular formula is C31H21N. The van der Waals surface area contributed by atoms with E-state index in [-0.39, 0.29) is 0 Å². The fourth-order valence-corrected chi connectivity index (χ4v) is 5.49. The third-order valence-electron chi connectivity index (χ3n) is 6.86. The van der Waals surface area contributed by atoms with Crippen LogP contribution in [-0.4, -0.2) is 4.98 Å². The molecule has 7 rings (SSSR count). The van der Waals surface area contributed by atoms with Crippen LogP contribution >= 0.6 is 0 Å². The highest BCUT2D eigenvalue weighted by Crippen LogP contribution is 2.45. The number of hydrogen-bond donors (Lipinski definition) is 0. The van der Waals surface area contributed by atoms with E-state index in [1.807, 2.05) is 0 Å². The van der Waals surface area contributed by atoms with Crippen molar-refractivity contribution < 1.29 is 0 Å². The van der Waals surface area contributed by atoms with Crippen LogP contribution in [0, 0.1) is 6.92 Å². The molecule has 0 fully saturated rings. The van der Waals surface area contributed by atoms with Gasteiger partial charge in [0.15, 0.2) is 0 Å². The Morgan fingerprint density at radius 2 is 1.19 bits per heavy atom. The molecule has 6 aromatic rings. The second-order valence-electron chi connectivity index (χ2n) is 8.87. The van der Waals surface area contributed by atoms with E-state index in [2.05, 4.69) is 104 Å². The molecule has 0 atom stereocenters. The van der Waals surface area contributed by atoms with Crippen molar-refractivity contribution in [1.82, 2.24) is 4.98 Å². The summed E-state index contributed by atoms with van der Waals surface area (Å²) in [7, 11) is 0. The Morgan fingerprint density at radius 3 is 1.94 bits per heavy atom. The van der Waals surface area contributed by atoms with Crippen LogP contribution < -0.4 is 0 Å². The normalized spacial score (nSPS) is 12.4. The Bertz CT molecular complexity index is 1680. The SMILES string of the molecule is Cc1cc2c3c(n1)c1ccc(-c4ccccc4)cc1c1cc(-c4ccccc4)cc(c13)C2. The summed E-state index contributed by atoms with van der Waals surface area (Å²) in [5, 5.41) is 6.61. The van der Waals surface area contributed by atoms with Gasteiger partial charge < -0.3 is 0 Å². The zero-order valence-corrected chi connectivity index (χ0v) is 17.9. The van der Waals surface area contributed by atoms with Gasteiger partial charge in [0.1, 0.15) is 0 Å². The first-order valence-corrected chi connectivity index (χ1v) is 11.2. The number of aryl methyl sites for hydroxylation is 1. The topological polar surface area (TPSA) is 12.9 Å². The minimum Gasteiger partial charge on any atom is -0.252 e. The van der Waals surface area contributed by atoms with Gasteiger partial charge in [-0.2, -0.15) is 0 Å². The minimum absolute atomic E-state index is 0.980. The largest absolute Gasteiger partial charge is 0.252 e. The number of rotatable bonds is 2. The lowest BCUT2D eigenvalue weighted by atomic mass is 9.91. The molecule has 1 aliphatic rings. The molecule has 0 amide bonds. The molecule has 0 radical (unpaired) electrons. The second-order valence-corrected chi connectivity index (χ2v) is 8.87. The van der Waals surface area contributed by atoms with Crippen LogP contribution in [0.3, 0.4) is 0 Å². The van der Waals surface area contributed by atoms with E-state index in [4.69, 9.17) is 4.98 Å². The van der Waals surface area contributed by atoms with Gasteiger partial charge in [0, 0.05) is 16.5 Å². The van der Waals surface area contributed by atoms with Crippen LogP contribution in [0.2, 0.25) is 0 Å². The third kappa shape index (κ3) is 2.48. The highest BCUT2D eigenvalue weighted by molar-refractivity contribution is 6.28.